The summed E-state index contributed by atoms with van der Waals surface area (Å²) < 4.78 is 5.20. The van der Waals surface area contributed by atoms with Gasteiger partial charge >= 0.3 is 5.97 Å². The van der Waals surface area contributed by atoms with E-state index in [0.717, 1.165) is 5.56 Å². The van der Waals surface area contributed by atoms with Crippen molar-refractivity contribution in [2.75, 3.05) is 0 Å². The summed E-state index contributed by atoms with van der Waals surface area (Å²) in [6.07, 6.45) is 0. The Balaban J connectivity index is 2.51. The molecule has 0 spiro atoms. The second-order valence-electron chi connectivity index (χ2n) is 3.76. The van der Waals surface area contributed by atoms with E-state index < -0.39 is 11.6 Å². The third kappa shape index (κ3) is 1.31. The lowest BCUT2D eigenvalue weighted by molar-refractivity contribution is -0.147. The van der Waals surface area contributed by atoms with Crippen molar-refractivity contribution >= 4 is 5.97 Å². The van der Waals surface area contributed by atoms with Gasteiger partial charge in [-0.05, 0) is 13.8 Å². The largest absolute Gasteiger partial charge is 0.507 e. The van der Waals surface area contributed by atoms with Crippen molar-refractivity contribution in [1.29, 1.82) is 0 Å². The van der Waals surface area contributed by atoms with Gasteiger partial charge in [0.25, 0.3) is 0 Å². The number of aliphatic hydroxyl groups is 1. The Morgan fingerprint density at radius 2 is 1.87 bits per heavy atom. The SMILES string of the molecule is CC1=C(O)[C@](C)(c2ccccc2)OC1=O. The molecule has 0 bridgehead atoms. The van der Waals surface area contributed by atoms with Gasteiger partial charge in [-0.1, -0.05) is 30.3 Å². The summed E-state index contributed by atoms with van der Waals surface area (Å²) >= 11 is 0. The number of hydrogen-bond acceptors (Lipinski definition) is 3. The smallest absolute Gasteiger partial charge is 0.338 e. The molecule has 15 heavy (non-hydrogen) atoms. The number of carbonyl (C=O) groups excluding carboxylic acids is 1. The van der Waals surface area contributed by atoms with Crippen LogP contribution in [0.4, 0.5) is 0 Å². The molecule has 0 saturated carbocycles. The van der Waals surface area contributed by atoms with Crippen molar-refractivity contribution in [3.8, 4) is 0 Å². The second-order valence-corrected chi connectivity index (χ2v) is 3.76. The van der Waals surface area contributed by atoms with Gasteiger partial charge in [0.05, 0.1) is 5.57 Å². The molecular weight excluding hydrogens is 192 g/mol. The fraction of sp³-hybridized carbons (Fsp3) is 0.250. The summed E-state index contributed by atoms with van der Waals surface area (Å²) in [6.45, 7) is 3.25. The minimum Gasteiger partial charge on any atom is -0.507 e. The summed E-state index contributed by atoms with van der Waals surface area (Å²) in [7, 11) is 0. The van der Waals surface area contributed by atoms with Crippen LogP contribution in [0.5, 0.6) is 0 Å². The molecule has 0 fully saturated rings. The van der Waals surface area contributed by atoms with Crippen LogP contribution in [0, 0.1) is 0 Å². The maximum atomic E-state index is 11.3. The zero-order chi connectivity index (χ0) is 11.1. The first-order valence-corrected chi connectivity index (χ1v) is 4.75. The molecule has 1 atom stereocenters. The standard InChI is InChI=1S/C12H12O3/c1-8-10(13)12(2,15-11(8)14)9-6-4-3-5-7-9/h3-7,13H,1-2H3/t12-/m0/s1. The first kappa shape index (κ1) is 9.77. The van der Waals surface area contributed by atoms with E-state index in [9.17, 15) is 9.90 Å². The van der Waals surface area contributed by atoms with Crippen molar-refractivity contribution in [3.05, 3.63) is 47.2 Å². The summed E-state index contributed by atoms with van der Waals surface area (Å²) in [5.41, 5.74) is 0.0247. The highest BCUT2D eigenvalue weighted by molar-refractivity contribution is 5.91. The first-order chi connectivity index (χ1) is 7.05. The van der Waals surface area contributed by atoms with E-state index in [1.165, 1.54) is 0 Å². The highest BCUT2D eigenvalue weighted by Gasteiger charge is 2.44. The molecule has 78 valence electrons. The van der Waals surface area contributed by atoms with Gasteiger partial charge in [0.2, 0.25) is 0 Å². The van der Waals surface area contributed by atoms with Crippen LogP contribution < -0.4 is 0 Å². The number of rotatable bonds is 1. The Kier molecular flexibility index (Phi) is 2.03. The molecule has 1 N–H and O–H groups in total. The van der Waals surface area contributed by atoms with Crippen LogP contribution in [0.2, 0.25) is 0 Å². The highest BCUT2D eigenvalue weighted by atomic mass is 16.6. The monoisotopic (exact) mass is 204 g/mol. The normalized spacial score (nSPS) is 25.6. The zero-order valence-electron chi connectivity index (χ0n) is 8.65. The molecule has 2 rings (SSSR count). The van der Waals surface area contributed by atoms with Crippen molar-refractivity contribution in [2.45, 2.75) is 19.4 Å². The third-order valence-corrected chi connectivity index (χ3v) is 2.73. The van der Waals surface area contributed by atoms with Crippen molar-refractivity contribution in [3.63, 3.8) is 0 Å². The van der Waals surface area contributed by atoms with Crippen molar-refractivity contribution < 1.29 is 14.6 Å². The Bertz CT molecular complexity index is 433. The molecule has 1 heterocycles. The lowest BCUT2D eigenvalue weighted by atomic mass is 9.93. The van der Waals surface area contributed by atoms with Crippen LogP contribution in [-0.4, -0.2) is 11.1 Å². The predicted molar refractivity (Wildman–Crippen MR) is 55.2 cm³/mol. The van der Waals surface area contributed by atoms with Gasteiger partial charge < -0.3 is 9.84 Å². The Morgan fingerprint density at radius 1 is 1.27 bits per heavy atom. The Morgan fingerprint density at radius 3 is 2.33 bits per heavy atom. The minimum absolute atomic E-state index is 0.00120. The number of aliphatic hydroxyl groups excluding tert-OH is 1. The van der Waals surface area contributed by atoms with E-state index in [1.807, 2.05) is 30.3 Å². The molecule has 3 heteroatoms. The predicted octanol–water partition coefficient (Wildman–Crippen LogP) is 2.29. The van der Waals surface area contributed by atoms with E-state index >= 15 is 0 Å². The fourth-order valence-electron chi connectivity index (χ4n) is 1.72. The molecule has 1 aromatic carbocycles. The van der Waals surface area contributed by atoms with Crippen LogP contribution in [0.15, 0.2) is 41.7 Å². The van der Waals surface area contributed by atoms with Crippen molar-refractivity contribution in [2.24, 2.45) is 0 Å². The van der Waals surface area contributed by atoms with Gasteiger partial charge in [-0.3, -0.25) is 0 Å². The summed E-state index contributed by atoms with van der Waals surface area (Å²) in [4.78, 5) is 11.3. The highest BCUT2D eigenvalue weighted by Crippen LogP contribution is 2.39. The number of esters is 1. The van der Waals surface area contributed by atoms with Gasteiger partial charge in [-0.2, -0.15) is 0 Å². The molecule has 0 unspecified atom stereocenters. The van der Waals surface area contributed by atoms with Gasteiger partial charge in [0, 0.05) is 5.56 Å². The Labute approximate surface area is 88.0 Å². The molecule has 0 saturated heterocycles. The molecule has 3 nitrogen and oxygen atoms in total. The average molecular weight is 204 g/mol. The summed E-state index contributed by atoms with van der Waals surface area (Å²) in [6, 6.07) is 9.20. The summed E-state index contributed by atoms with van der Waals surface area (Å²) in [5, 5.41) is 9.87. The molecule has 0 amide bonds. The second kappa shape index (κ2) is 3.12. The lowest BCUT2D eigenvalue weighted by Crippen LogP contribution is -2.25. The molecule has 1 aliphatic heterocycles. The quantitative estimate of drug-likeness (QED) is 0.714. The van der Waals surface area contributed by atoms with E-state index in [2.05, 4.69) is 0 Å². The van der Waals surface area contributed by atoms with Crippen molar-refractivity contribution in [1.82, 2.24) is 0 Å². The topological polar surface area (TPSA) is 46.5 Å². The van der Waals surface area contributed by atoms with Crippen LogP contribution in [0.1, 0.15) is 19.4 Å². The molecule has 0 radical (unpaired) electrons. The molecular formula is C12H12O3. The molecule has 0 aliphatic carbocycles. The average Bonchev–Trinajstić information content (AvgIpc) is 2.45. The van der Waals surface area contributed by atoms with E-state index in [0.29, 0.717) is 0 Å². The maximum Gasteiger partial charge on any atom is 0.338 e. The molecule has 0 aromatic heterocycles. The van der Waals surface area contributed by atoms with Gasteiger partial charge in [-0.15, -0.1) is 0 Å². The fourth-order valence-corrected chi connectivity index (χ4v) is 1.72. The van der Waals surface area contributed by atoms with E-state index in [-0.39, 0.29) is 11.3 Å². The van der Waals surface area contributed by atoms with Crippen LogP contribution in [0.3, 0.4) is 0 Å². The number of carbonyl (C=O) groups is 1. The zero-order valence-corrected chi connectivity index (χ0v) is 8.65. The van der Waals surface area contributed by atoms with E-state index in [1.54, 1.807) is 13.8 Å². The van der Waals surface area contributed by atoms with Crippen LogP contribution in [0.25, 0.3) is 0 Å². The van der Waals surface area contributed by atoms with Gasteiger partial charge in [0.15, 0.2) is 11.4 Å². The van der Waals surface area contributed by atoms with Crippen LogP contribution in [-0.2, 0) is 15.1 Å². The lowest BCUT2D eigenvalue weighted by Gasteiger charge is -2.23. The maximum absolute atomic E-state index is 11.3. The summed E-state index contributed by atoms with van der Waals surface area (Å²) in [5.74, 6) is -0.461. The number of benzene rings is 1. The van der Waals surface area contributed by atoms with Crippen LogP contribution >= 0.6 is 0 Å². The molecule has 1 aromatic rings. The number of ether oxygens (including phenoxy) is 1. The number of cyclic esters (lactones) is 1. The Hall–Kier alpha value is -1.77. The van der Waals surface area contributed by atoms with Gasteiger partial charge in [-0.25, -0.2) is 4.79 Å². The minimum atomic E-state index is -1.03. The van der Waals surface area contributed by atoms with E-state index in [4.69, 9.17) is 4.74 Å². The molecule has 1 aliphatic rings. The number of hydrogen-bond donors (Lipinski definition) is 1. The first-order valence-electron chi connectivity index (χ1n) is 4.75. The van der Waals surface area contributed by atoms with Gasteiger partial charge in [0.1, 0.15) is 0 Å². The third-order valence-electron chi connectivity index (χ3n) is 2.73.